The smallest absolute Gasteiger partial charge is 0.127 e. The minimum absolute atomic E-state index is 0.330. The van der Waals surface area contributed by atoms with Crippen LogP contribution >= 0.6 is 0 Å². The van der Waals surface area contributed by atoms with E-state index >= 15 is 0 Å². The van der Waals surface area contributed by atoms with Gasteiger partial charge in [-0.25, -0.2) is 0 Å². The molecule has 2 heterocycles. The largest absolute Gasteiger partial charge is 0.497 e. The lowest BCUT2D eigenvalue weighted by atomic mass is 10.1. The van der Waals surface area contributed by atoms with Gasteiger partial charge in [0, 0.05) is 24.7 Å². The predicted octanol–water partition coefficient (Wildman–Crippen LogP) is 2.91. The molecule has 146 valence electrons. The molecule has 0 radical (unpaired) electrons. The third-order valence-electron chi connectivity index (χ3n) is 5.47. The first-order valence-corrected chi connectivity index (χ1v) is 10.2. The summed E-state index contributed by atoms with van der Waals surface area (Å²) in [4.78, 5) is 4.80. The minimum atomic E-state index is -0.461. The summed E-state index contributed by atoms with van der Waals surface area (Å²) in [6, 6.07) is 6.01. The van der Waals surface area contributed by atoms with Crippen LogP contribution in [0.3, 0.4) is 0 Å². The van der Waals surface area contributed by atoms with Crippen LogP contribution in [-0.4, -0.2) is 67.5 Å². The molecule has 2 saturated heterocycles. The quantitative estimate of drug-likeness (QED) is 0.770. The zero-order valence-electron chi connectivity index (χ0n) is 16.2. The Morgan fingerprint density at radius 2 is 1.65 bits per heavy atom. The maximum Gasteiger partial charge on any atom is 0.127 e. The minimum Gasteiger partial charge on any atom is -0.497 e. The van der Waals surface area contributed by atoms with Crippen LogP contribution in [0.1, 0.15) is 44.1 Å². The molecule has 26 heavy (non-hydrogen) atoms. The molecule has 0 amide bonds. The van der Waals surface area contributed by atoms with Gasteiger partial charge in [-0.05, 0) is 51.5 Å². The van der Waals surface area contributed by atoms with Gasteiger partial charge in [-0.15, -0.1) is 0 Å². The van der Waals surface area contributed by atoms with Gasteiger partial charge in [0.2, 0.25) is 0 Å². The van der Waals surface area contributed by atoms with Crippen molar-refractivity contribution in [2.24, 2.45) is 0 Å². The normalized spacial score (nSPS) is 20.7. The van der Waals surface area contributed by atoms with Crippen molar-refractivity contribution in [1.29, 1.82) is 0 Å². The van der Waals surface area contributed by atoms with E-state index in [1.165, 1.54) is 44.1 Å². The summed E-state index contributed by atoms with van der Waals surface area (Å²) in [5.74, 6) is 1.63. The number of hydrogen-bond donors (Lipinski definition) is 1. The first-order chi connectivity index (χ1) is 12.7. The van der Waals surface area contributed by atoms with Crippen LogP contribution in [0.15, 0.2) is 18.2 Å². The van der Waals surface area contributed by atoms with Gasteiger partial charge in [0.15, 0.2) is 0 Å². The Balaban J connectivity index is 1.53. The molecule has 1 aromatic carbocycles. The van der Waals surface area contributed by atoms with Gasteiger partial charge in [0.25, 0.3) is 0 Å². The van der Waals surface area contributed by atoms with Crippen LogP contribution in [0.25, 0.3) is 0 Å². The van der Waals surface area contributed by atoms with Gasteiger partial charge < -0.3 is 19.5 Å². The van der Waals surface area contributed by atoms with Gasteiger partial charge in [0.05, 0.1) is 7.11 Å². The van der Waals surface area contributed by atoms with Gasteiger partial charge in [-0.3, -0.25) is 4.90 Å². The first kappa shape index (κ1) is 19.5. The van der Waals surface area contributed by atoms with E-state index in [2.05, 4.69) is 15.9 Å². The first-order valence-electron chi connectivity index (χ1n) is 10.2. The van der Waals surface area contributed by atoms with Crippen molar-refractivity contribution < 1.29 is 14.6 Å². The van der Waals surface area contributed by atoms with Gasteiger partial charge >= 0.3 is 0 Å². The van der Waals surface area contributed by atoms with Crippen LogP contribution < -0.4 is 9.47 Å². The van der Waals surface area contributed by atoms with Crippen LogP contribution in [-0.2, 0) is 6.54 Å². The highest BCUT2D eigenvalue weighted by Gasteiger charge is 2.18. The van der Waals surface area contributed by atoms with Crippen molar-refractivity contribution in [1.82, 2.24) is 9.80 Å². The molecule has 0 bridgehead atoms. The molecule has 0 unspecified atom stereocenters. The average Bonchev–Trinajstić information content (AvgIpc) is 2.59. The van der Waals surface area contributed by atoms with Crippen LogP contribution in [0.4, 0.5) is 0 Å². The number of benzene rings is 1. The van der Waals surface area contributed by atoms with E-state index in [1.807, 2.05) is 12.1 Å². The van der Waals surface area contributed by atoms with E-state index in [4.69, 9.17) is 9.47 Å². The molecule has 0 aromatic heterocycles. The topological polar surface area (TPSA) is 45.2 Å². The fourth-order valence-electron chi connectivity index (χ4n) is 3.74. The van der Waals surface area contributed by atoms with Crippen LogP contribution in [0.2, 0.25) is 0 Å². The highest BCUT2D eigenvalue weighted by molar-refractivity contribution is 5.40. The SMILES string of the molecule is COc1ccc(CN2CCC2)c(OC[C@H](O)CN2CCCCCCC2)c1. The molecule has 3 rings (SSSR count). The molecule has 5 heteroatoms. The van der Waals surface area contributed by atoms with Crippen molar-refractivity contribution in [3.05, 3.63) is 23.8 Å². The van der Waals surface area contributed by atoms with Crippen molar-refractivity contribution in [3.8, 4) is 11.5 Å². The standard InChI is InChI=1S/C21H34N2O3/c1-25-20-9-8-18(15-22-12-7-13-22)21(14-20)26-17-19(24)16-23-10-5-3-2-4-6-11-23/h8-9,14,19,24H,2-7,10-13,15-17H2,1H3/t19-/m1/s1. The highest BCUT2D eigenvalue weighted by atomic mass is 16.5. The highest BCUT2D eigenvalue weighted by Crippen LogP contribution is 2.27. The summed E-state index contributed by atoms with van der Waals surface area (Å²) in [5, 5.41) is 10.5. The van der Waals surface area contributed by atoms with E-state index in [0.29, 0.717) is 13.2 Å². The molecule has 0 saturated carbocycles. The maximum absolute atomic E-state index is 10.5. The Kier molecular flexibility index (Phi) is 7.59. The number of likely N-dealkylation sites (tertiary alicyclic amines) is 2. The monoisotopic (exact) mass is 362 g/mol. The van der Waals surface area contributed by atoms with Crippen LogP contribution in [0, 0.1) is 0 Å². The van der Waals surface area contributed by atoms with E-state index in [9.17, 15) is 5.11 Å². The van der Waals surface area contributed by atoms with Crippen molar-refractivity contribution >= 4 is 0 Å². The lowest BCUT2D eigenvalue weighted by molar-refractivity contribution is 0.0644. The van der Waals surface area contributed by atoms with E-state index in [0.717, 1.165) is 44.2 Å². The molecule has 5 nitrogen and oxygen atoms in total. The Labute approximate surface area is 157 Å². The summed E-state index contributed by atoms with van der Waals surface area (Å²) < 4.78 is 11.4. The van der Waals surface area contributed by atoms with E-state index < -0.39 is 6.10 Å². The molecule has 0 spiro atoms. The molecule has 2 fully saturated rings. The van der Waals surface area contributed by atoms with Gasteiger partial charge in [-0.2, -0.15) is 0 Å². The Morgan fingerprint density at radius 3 is 2.31 bits per heavy atom. The number of rotatable bonds is 8. The maximum atomic E-state index is 10.5. The lowest BCUT2D eigenvalue weighted by Crippen LogP contribution is -2.38. The van der Waals surface area contributed by atoms with E-state index in [-0.39, 0.29) is 0 Å². The van der Waals surface area contributed by atoms with Gasteiger partial charge in [0.1, 0.15) is 24.2 Å². The van der Waals surface area contributed by atoms with E-state index in [1.54, 1.807) is 7.11 Å². The Morgan fingerprint density at radius 1 is 0.962 bits per heavy atom. The molecule has 0 aliphatic carbocycles. The zero-order valence-corrected chi connectivity index (χ0v) is 16.2. The fourth-order valence-corrected chi connectivity index (χ4v) is 3.74. The number of aliphatic hydroxyl groups is 1. The predicted molar refractivity (Wildman–Crippen MR) is 104 cm³/mol. The summed E-state index contributed by atoms with van der Waals surface area (Å²) in [7, 11) is 1.67. The summed E-state index contributed by atoms with van der Waals surface area (Å²) in [6.07, 6.45) is 7.28. The summed E-state index contributed by atoms with van der Waals surface area (Å²) in [6.45, 7) is 6.43. The molecule has 2 aliphatic heterocycles. The van der Waals surface area contributed by atoms with Crippen molar-refractivity contribution in [2.75, 3.05) is 46.4 Å². The Bertz CT molecular complexity index is 540. The molecule has 1 atom stereocenters. The second-order valence-electron chi connectivity index (χ2n) is 7.64. The second kappa shape index (κ2) is 10.1. The number of ether oxygens (including phenoxy) is 2. The van der Waals surface area contributed by atoms with Crippen molar-refractivity contribution in [2.45, 2.75) is 51.2 Å². The number of nitrogens with zero attached hydrogens (tertiary/aromatic N) is 2. The molecule has 1 N–H and O–H groups in total. The molecule has 1 aromatic rings. The third-order valence-corrected chi connectivity index (χ3v) is 5.47. The number of hydrogen-bond acceptors (Lipinski definition) is 5. The van der Waals surface area contributed by atoms with Gasteiger partial charge in [-0.1, -0.05) is 25.3 Å². The number of β-amino-alcohol motifs (C(OH)–C–C–N with tert-alkyl or cyclic N) is 1. The number of aliphatic hydroxyl groups excluding tert-OH is 1. The zero-order chi connectivity index (χ0) is 18.2. The molecular formula is C21H34N2O3. The third kappa shape index (κ3) is 5.86. The summed E-state index contributed by atoms with van der Waals surface area (Å²) in [5.41, 5.74) is 1.17. The molecular weight excluding hydrogens is 328 g/mol. The fraction of sp³-hybridized carbons (Fsp3) is 0.714. The van der Waals surface area contributed by atoms with Crippen molar-refractivity contribution in [3.63, 3.8) is 0 Å². The second-order valence-corrected chi connectivity index (χ2v) is 7.64. The molecule has 2 aliphatic rings. The average molecular weight is 363 g/mol. The lowest BCUT2D eigenvalue weighted by Gasteiger charge is -2.31. The Hall–Kier alpha value is -1.30. The van der Waals surface area contributed by atoms with Crippen LogP contribution in [0.5, 0.6) is 11.5 Å². The summed E-state index contributed by atoms with van der Waals surface area (Å²) >= 11 is 0. The number of methoxy groups -OCH3 is 1.